The highest BCUT2D eigenvalue weighted by Crippen LogP contribution is 2.24. The van der Waals surface area contributed by atoms with E-state index in [0.29, 0.717) is 6.54 Å². The highest BCUT2D eigenvalue weighted by atomic mass is 19.3. The van der Waals surface area contributed by atoms with Gasteiger partial charge in [-0.15, -0.1) is 0 Å². The minimum atomic E-state index is -2.44. The summed E-state index contributed by atoms with van der Waals surface area (Å²) >= 11 is 0. The van der Waals surface area contributed by atoms with Gasteiger partial charge in [-0.1, -0.05) is 42.5 Å². The summed E-state index contributed by atoms with van der Waals surface area (Å²) in [5, 5.41) is 3.35. The molecule has 0 fully saturated rings. The summed E-state index contributed by atoms with van der Waals surface area (Å²) in [4.78, 5) is 0. The van der Waals surface area contributed by atoms with Gasteiger partial charge in [0.15, 0.2) is 0 Å². The van der Waals surface area contributed by atoms with E-state index < -0.39 is 6.43 Å². The van der Waals surface area contributed by atoms with Crippen LogP contribution in [0, 0.1) is 6.92 Å². The van der Waals surface area contributed by atoms with Crippen molar-refractivity contribution in [3.63, 3.8) is 0 Å². The average Bonchev–Trinajstić information content (AvgIpc) is 2.46. The lowest BCUT2D eigenvalue weighted by Gasteiger charge is -2.20. The molecule has 0 radical (unpaired) electrons. The Balaban J connectivity index is 2.18. The third-order valence-corrected chi connectivity index (χ3v) is 3.30. The van der Waals surface area contributed by atoms with Crippen molar-refractivity contribution < 1.29 is 8.78 Å². The van der Waals surface area contributed by atoms with Crippen LogP contribution in [0.5, 0.6) is 0 Å². The van der Waals surface area contributed by atoms with Crippen molar-refractivity contribution in [1.29, 1.82) is 0 Å². The fourth-order valence-electron chi connectivity index (χ4n) is 2.07. The second-order valence-electron chi connectivity index (χ2n) is 4.71. The highest BCUT2D eigenvalue weighted by Gasteiger charge is 2.12. The minimum Gasteiger partial charge on any atom is -0.377 e. The molecule has 0 aliphatic carbocycles. The topological polar surface area (TPSA) is 38.0 Å². The van der Waals surface area contributed by atoms with Gasteiger partial charge >= 0.3 is 0 Å². The number of hydrogen-bond donors (Lipinski definition) is 2. The third kappa shape index (κ3) is 3.33. The van der Waals surface area contributed by atoms with Gasteiger partial charge in [0, 0.05) is 17.8 Å². The van der Waals surface area contributed by atoms with Gasteiger partial charge in [-0.05, 0) is 24.1 Å². The van der Waals surface area contributed by atoms with Gasteiger partial charge in [0.1, 0.15) is 0 Å². The van der Waals surface area contributed by atoms with Crippen LogP contribution >= 0.6 is 0 Å². The van der Waals surface area contributed by atoms with Crippen molar-refractivity contribution in [2.45, 2.75) is 19.4 Å². The first-order valence-corrected chi connectivity index (χ1v) is 6.52. The molecule has 106 valence electrons. The van der Waals surface area contributed by atoms with E-state index >= 15 is 0 Å². The molecule has 2 aromatic carbocycles. The molecule has 0 saturated heterocycles. The Morgan fingerprint density at radius 3 is 2.15 bits per heavy atom. The van der Waals surface area contributed by atoms with Crippen molar-refractivity contribution in [1.82, 2.24) is 0 Å². The Bertz CT molecular complexity index is 553. The van der Waals surface area contributed by atoms with E-state index in [1.54, 1.807) is 12.1 Å². The zero-order valence-corrected chi connectivity index (χ0v) is 11.3. The molecule has 0 heterocycles. The van der Waals surface area contributed by atoms with Crippen molar-refractivity contribution in [2.75, 3.05) is 11.9 Å². The zero-order chi connectivity index (χ0) is 14.5. The molecule has 0 aliphatic rings. The molecule has 0 aromatic heterocycles. The number of benzene rings is 2. The van der Waals surface area contributed by atoms with Crippen molar-refractivity contribution in [3.05, 3.63) is 65.2 Å². The Labute approximate surface area is 117 Å². The summed E-state index contributed by atoms with van der Waals surface area (Å²) < 4.78 is 25.1. The van der Waals surface area contributed by atoms with Crippen LogP contribution in [0.15, 0.2) is 48.5 Å². The van der Waals surface area contributed by atoms with Gasteiger partial charge in [0.25, 0.3) is 6.43 Å². The number of aryl methyl sites for hydroxylation is 1. The number of hydrogen-bond acceptors (Lipinski definition) is 2. The van der Waals surface area contributed by atoms with Crippen LogP contribution in [0.4, 0.5) is 14.5 Å². The predicted molar refractivity (Wildman–Crippen MR) is 78.0 cm³/mol. The van der Waals surface area contributed by atoms with Crippen LogP contribution in [-0.4, -0.2) is 6.54 Å². The Morgan fingerprint density at radius 1 is 1.00 bits per heavy atom. The van der Waals surface area contributed by atoms with E-state index in [9.17, 15) is 8.78 Å². The molecular weight excluding hydrogens is 258 g/mol. The first-order valence-electron chi connectivity index (χ1n) is 6.52. The monoisotopic (exact) mass is 276 g/mol. The first kappa shape index (κ1) is 14.5. The average molecular weight is 276 g/mol. The molecule has 1 atom stereocenters. The Kier molecular flexibility index (Phi) is 4.69. The molecule has 1 unspecified atom stereocenters. The SMILES string of the molecule is Cc1ccccc1NC(CN)c1ccc(C(F)F)cc1. The van der Waals surface area contributed by atoms with E-state index in [4.69, 9.17) is 5.73 Å². The van der Waals surface area contributed by atoms with E-state index in [1.165, 1.54) is 12.1 Å². The number of nitrogens with one attached hydrogen (secondary N) is 1. The van der Waals surface area contributed by atoms with Crippen LogP contribution in [-0.2, 0) is 0 Å². The van der Waals surface area contributed by atoms with Gasteiger partial charge < -0.3 is 11.1 Å². The third-order valence-electron chi connectivity index (χ3n) is 3.30. The molecule has 0 amide bonds. The highest BCUT2D eigenvalue weighted by molar-refractivity contribution is 5.52. The maximum absolute atomic E-state index is 12.5. The second-order valence-corrected chi connectivity index (χ2v) is 4.71. The first-order chi connectivity index (χ1) is 9.61. The fraction of sp³-hybridized carbons (Fsp3) is 0.250. The minimum absolute atomic E-state index is 0.0282. The van der Waals surface area contributed by atoms with E-state index in [0.717, 1.165) is 16.8 Å². The maximum Gasteiger partial charge on any atom is 0.263 e. The lowest BCUT2D eigenvalue weighted by Crippen LogP contribution is -2.21. The van der Waals surface area contributed by atoms with Crippen LogP contribution in [0.2, 0.25) is 0 Å². The summed E-state index contributed by atoms with van der Waals surface area (Å²) in [7, 11) is 0. The van der Waals surface area contributed by atoms with Crippen LogP contribution in [0.1, 0.15) is 29.2 Å². The van der Waals surface area contributed by atoms with Gasteiger partial charge in [-0.25, -0.2) is 8.78 Å². The normalized spacial score (nSPS) is 12.4. The molecule has 0 saturated carbocycles. The molecular formula is C16H18F2N2. The largest absolute Gasteiger partial charge is 0.377 e. The summed E-state index contributed by atoms with van der Waals surface area (Å²) in [5.74, 6) is 0. The quantitative estimate of drug-likeness (QED) is 0.864. The summed E-state index contributed by atoms with van der Waals surface area (Å²) in [6, 6.07) is 14.1. The standard InChI is InChI=1S/C16H18F2N2/c1-11-4-2-3-5-14(11)20-15(10-19)12-6-8-13(9-7-12)16(17)18/h2-9,15-16,20H,10,19H2,1H3. The molecule has 2 aromatic rings. The zero-order valence-electron chi connectivity index (χ0n) is 11.3. The molecule has 2 nitrogen and oxygen atoms in total. The maximum atomic E-state index is 12.5. The van der Waals surface area contributed by atoms with Gasteiger partial charge in [-0.3, -0.25) is 0 Å². The molecule has 20 heavy (non-hydrogen) atoms. The van der Waals surface area contributed by atoms with Crippen molar-refractivity contribution in [2.24, 2.45) is 5.73 Å². The summed E-state index contributed by atoms with van der Waals surface area (Å²) in [6.07, 6.45) is -2.44. The summed E-state index contributed by atoms with van der Waals surface area (Å²) in [5.41, 5.74) is 8.84. The molecule has 4 heteroatoms. The molecule has 0 spiro atoms. The molecule has 0 bridgehead atoms. The number of nitrogens with two attached hydrogens (primary N) is 1. The number of alkyl halides is 2. The van der Waals surface area contributed by atoms with Crippen LogP contribution in [0.3, 0.4) is 0 Å². The van der Waals surface area contributed by atoms with Gasteiger partial charge in [0.2, 0.25) is 0 Å². The predicted octanol–water partition coefficient (Wildman–Crippen LogP) is 4.04. The van der Waals surface area contributed by atoms with E-state index in [-0.39, 0.29) is 11.6 Å². The lowest BCUT2D eigenvalue weighted by atomic mass is 10.0. The Hall–Kier alpha value is -1.94. The Morgan fingerprint density at radius 2 is 1.60 bits per heavy atom. The summed E-state index contributed by atoms with van der Waals surface area (Å²) in [6.45, 7) is 2.40. The van der Waals surface area contributed by atoms with E-state index in [1.807, 2.05) is 31.2 Å². The number of para-hydroxylation sites is 1. The smallest absolute Gasteiger partial charge is 0.263 e. The van der Waals surface area contributed by atoms with Gasteiger partial charge in [-0.2, -0.15) is 0 Å². The molecule has 3 N–H and O–H groups in total. The fourth-order valence-corrected chi connectivity index (χ4v) is 2.07. The second kappa shape index (κ2) is 6.48. The van der Waals surface area contributed by atoms with Crippen molar-refractivity contribution >= 4 is 5.69 Å². The van der Waals surface area contributed by atoms with Gasteiger partial charge in [0.05, 0.1) is 6.04 Å². The van der Waals surface area contributed by atoms with E-state index in [2.05, 4.69) is 5.32 Å². The molecule has 0 aliphatic heterocycles. The van der Waals surface area contributed by atoms with Crippen LogP contribution < -0.4 is 11.1 Å². The van der Waals surface area contributed by atoms with Crippen LogP contribution in [0.25, 0.3) is 0 Å². The lowest BCUT2D eigenvalue weighted by molar-refractivity contribution is 0.151. The number of anilines is 1. The van der Waals surface area contributed by atoms with Crippen molar-refractivity contribution in [3.8, 4) is 0 Å². The number of rotatable bonds is 5. The molecule has 2 rings (SSSR count). The number of halogens is 2.